The number of carboxylic acid groups (broad SMARTS) is 1. The molecule has 0 bridgehead atoms. The zero-order valence-corrected chi connectivity index (χ0v) is 9.81. The van der Waals surface area contributed by atoms with Gasteiger partial charge in [-0.15, -0.1) is 0 Å². The fourth-order valence-corrected chi connectivity index (χ4v) is 2.39. The Kier molecular flexibility index (Phi) is 2.52. The first-order valence-electron chi connectivity index (χ1n) is 5.95. The predicted octanol–water partition coefficient (Wildman–Crippen LogP) is 3.20. The van der Waals surface area contributed by atoms with Gasteiger partial charge >= 0.3 is 5.97 Å². The largest absolute Gasteiger partial charge is 0.477 e. The molecule has 1 aromatic carbocycles. The first kappa shape index (κ1) is 10.8. The Morgan fingerprint density at radius 1 is 1.22 bits per heavy atom. The number of carboxylic acids is 1. The average Bonchev–Trinajstić information content (AvgIpc) is 2.93. The van der Waals surface area contributed by atoms with Gasteiger partial charge in [-0.25, -0.2) is 4.79 Å². The second kappa shape index (κ2) is 4.18. The highest BCUT2D eigenvalue weighted by Gasteiger charge is 2.21. The molecule has 0 saturated heterocycles. The van der Waals surface area contributed by atoms with Crippen molar-refractivity contribution in [3.8, 4) is 0 Å². The van der Waals surface area contributed by atoms with Crippen LogP contribution in [-0.4, -0.2) is 16.1 Å². The standard InChI is InChI=1S/C15H13NO2/c17-15(18)13-9-12-7-6-11(14(12)16-13)8-10-4-2-1-3-5-10/h1-5,8-9,16H,6-7H2,(H,17,18)/b11-8+. The van der Waals surface area contributed by atoms with Crippen molar-refractivity contribution in [3.63, 3.8) is 0 Å². The van der Waals surface area contributed by atoms with Crippen molar-refractivity contribution in [1.29, 1.82) is 0 Å². The Labute approximate surface area is 105 Å². The van der Waals surface area contributed by atoms with E-state index >= 15 is 0 Å². The molecule has 0 amide bonds. The Morgan fingerprint density at radius 3 is 2.72 bits per heavy atom. The van der Waals surface area contributed by atoms with Crippen LogP contribution >= 0.6 is 0 Å². The molecule has 2 N–H and O–H groups in total. The molecule has 0 unspecified atom stereocenters. The first-order valence-corrected chi connectivity index (χ1v) is 5.95. The molecule has 1 aliphatic carbocycles. The second-order valence-corrected chi connectivity index (χ2v) is 4.47. The molecular formula is C15H13NO2. The van der Waals surface area contributed by atoms with Crippen LogP contribution in [0.25, 0.3) is 11.6 Å². The third kappa shape index (κ3) is 1.84. The monoisotopic (exact) mass is 239 g/mol. The van der Waals surface area contributed by atoms with Crippen LogP contribution in [0, 0.1) is 0 Å². The highest BCUT2D eigenvalue weighted by molar-refractivity contribution is 5.90. The molecule has 18 heavy (non-hydrogen) atoms. The molecule has 0 spiro atoms. The number of hydrogen-bond acceptors (Lipinski definition) is 1. The molecule has 0 fully saturated rings. The van der Waals surface area contributed by atoms with Crippen molar-refractivity contribution >= 4 is 17.6 Å². The molecule has 3 rings (SSSR count). The number of H-pyrrole nitrogens is 1. The maximum Gasteiger partial charge on any atom is 0.352 e. The lowest BCUT2D eigenvalue weighted by Crippen LogP contribution is -1.96. The summed E-state index contributed by atoms with van der Waals surface area (Å²) >= 11 is 0. The van der Waals surface area contributed by atoms with Crippen LogP contribution in [-0.2, 0) is 6.42 Å². The summed E-state index contributed by atoms with van der Waals surface area (Å²) in [7, 11) is 0. The van der Waals surface area contributed by atoms with E-state index in [0.717, 1.165) is 29.7 Å². The van der Waals surface area contributed by atoms with E-state index in [2.05, 4.69) is 11.1 Å². The maximum atomic E-state index is 10.9. The van der Waals surface area contributed by atoms with E-state index < -0.39 is 5.97 Å². The molecule has 1 heterocycles. The average molecular weight is 239 g/mol. The summed E-state index contributed by atoms with van der Waals surface area (Å²) in [5.41, 5.74) is 4.69. The predicted molar refractivity (Wildman–Crippen MR) is 70.4 cm³/mol. The van der Waals surface area contributed by atoms with Gasteiger partial charge in [-0.1, -0.05) is 30.3 Å². The van der Waals surface area contributed by atoms with Gasteiger partial charge in [-0.2, -0.15) is 0 Å². The van der Waals surface area contributed by atoms with E-state index in [4.69, 9.17) is 5.11 Å². The lowest BCUT2D eigenvalue weighted by atomic mass is 10.1. The van der Waals surface area contributed by atoms with Crippen LogP contribution in [0.2, 0.25) is 0 Å². The van der Waals surface area contributed by atoms with E-state index in [0.29, 0.717) is 0 Å². The van der Waals surface area contributed by atoms with Gasteiger partial charge in [0.1, 0.15) is 5.69 Å². The fraction of sp³-hybridized carbons (Fsp3) is 0.133. The van der Waals surface area contributed by atoms with Gasteiger partial charge in [0.05, 0.1) is 0 Å². The smallest absolute Gasteiger partial charge is 0.352 e. The minimum Gasteiger partial charge on any atom is -0.477 e. The van der Waals surface area contributed by atoms with Crippen LogP contribution in [0.4, 0.5) is 0 Å². The van der Waals surface area contributed by atoms with Gasteiger partial charge in [-0.05, 0) is 41.7 Å². The van der Waals surface area contributed by atoms with Crippen molar-refractivity contribution in [2.75, 3.05) is 0 Å². The number of nitrogens with one attached hydrogen (secondary N) is 1. The summed E-state index contributed by atoms with van der Waals surface area (Å²) in [5, 5.41) is 8.97. The third-order valence-electron chi connectivity index (χ3n) is 3.26. The minimum absolute atomic E-state index is 0.277. The van der Waals surface area contributed by atoms with Crippen LogP contribution in [0.15, 0.2) is 36.4 Å². The Bertz CT molecular complexity index is 623. The summed E-state index contributed by atoms with van der Waals surface area (Å²) < 4.78 is 0. The van der Waals surface area contributed by atoms with Crippen molar-refractivity contribution in [2.45, 2.75) is 12.8 Å². The molecule has 0 saturated carbocycles. The Balaban J connectivity index is 1.99. The number of allylic oxidation sites excluding steroid dienone is 1. The van der Waals surface area contributed by atoms with Gasteiger partial charge in [0, 0.05) is 5.69 Å². The van der Waals surface area contributed by atoms with Gasteiger partial charge in [0.2, 0.25) is 0 Å². The van der Waals surface area contributed by atoms with Gasteiger partial charge in [0.15, 0.2) is 0 Å². The molecule has 1 aromatic heterocycles. The molecule has 0 aliphatic heterocycles. The summed E-state index contributed by atoms with van der Waals surface area (Å²) in [6.07, 6.45) is 4.00. The minimum atomic E-state index is -0.900. The van der Waals surface area contributed by atoms with Crippen molar-refractivity contribution in [1.82, 2.24) is 4.98 Å². The van der Waals surface area contributed by atoms with E-state index in [-0.39, 0.29) is 5.69 Å². The normalized spacial score (nSPS) is 15.9. The van der Waals surface area contributed by atoms with Crippen LogP contribution < -0.4 is 0 Å². The first-order chi connectivity index (χ1) is 8.74. The number of carbonyl (C=O) groups is 1. The Hall–Kier alpha value is -2.29. The molecular weight excluding hydrogens is 226 g/mol. The number of aromatic amines is 1. The maximum absolute atomic E-state index is 10.9. The second-order valence-electron chi connectivity index (χ2n) is 4.47. The van der Waals surface area contributed by atoms with E-state index in [1.807, 2.05) is 30.3 Å². The zero-order valence-electron chi connectivity index (χ0n) is 9.81. The number of benzene rings is 1. The number of rotatable bonds is 2. The van der Waals surface area contributed by atoms with E-state index in [1.165, 1.54) is 5.57 Å². The van der Waals surface area contributed by atoms with Crippen LogP contribution in [0.3, 0.4) is 0 Å². The van der Waals surface area contributed by atoms with Crippen LogP contribution in [0.1, 0.15) is 33.7 Å². The summed E-state index contributed by atoms with van der Waals surface area (Å²) in [6, 6.07) is 11.8. The van der Waals surface area contributed by atoms with Crippen LogP contribution in [0.5, 0.6) is 0 Å². The highest BCUT2D eigenvalue weighted by atomic mass is 16.4. The summed E-state index contributed by atoms with van der Waals surface area (Å²) in [5.74, 6) is -0.900. The quantitative estimate of drug-likeness (QED) is 0.845. The van der Waals surface area contributed by atoms with Gasteiger partial charge in [0.25, 0.3) is 0 Å². The van der Waals surface area contributed by atoms with Gasteiger partial charge in [-0.3, -0.25) is 0 Å². The lowest BCUT2D eigenvalue weighted by Gasteiger charge is -1.99. The number of fused-ring (bicyclic) bond motifs is 1. The number of aromatic carboxylic acids is 1. The van der Waals surface area contributed by atoms with E-state index in [9.17, 15) is 4.79 Å². The topological polar surface area (TPSA) is 53.1 Å². The molecule has 0 radical (unpaired) electrons. The molecule has 2 aromatic rings. The van der Waals surface area contributed by atoms with E-state index in [1.54, 1.807) is 6.07 Å². The SMILES string of the molecule is O=C(O)c1cc2c([nH]1)/C(=C/c1ccccc1)CC2. The zero-order chi connectivity index (χ0) is 12.5. The molecule has 1 aliphatic rings. The molecule has 0 atom stereocenters. The lowest BCUT2D eigenvalue weighted by molar-refractivity contribution is 0.0691. The Morgan fingerprint density at radius 2 is 2.00 bits per heavy atom. The van der Waals surface area contributed by atoms with Crippen molar-refractivity contribution in [2.24, 2.45) is 0 Å². The van der Waals surface area contributed by atoms with Crippen molar-refractivity contribution in [3.05, 3.63) is 58.9 Å². The molecule has 90 valence electrons. The van der Waals surface area contributed by atoms with Gasteiger partial charge < -0.3 is 10.1 Å². The van der Waals surface area contributed by atoms with Crippen molar-refractivity contribution < 1.29 is 9.90 Å². The third-order valence-corrected chi connectivity index (χ3v) is 3.26. The number of aryl methyl sites for hydroxylation is 1. The molecule has 3 nitrogen and oxygen atoms in total. The fourth-order valence-electron chi connectivity index (χ4n) is 2.39. The number of aromatic nitrogens is 1. The molecule has 3 heteroatoms. The number of hydrogen-bond donors (Lipinski definition) is 2. The summed E-state index contributed by atoms with van der Waals surface area (Å²) in [6.45, 7) is 0. The highest BCUT2D eigenvalue weighted by Crippen LogP contribution is 2.33. The summed E-state index contributed by atoms with van der Waals surface area (Å²) in [4.78, 5) is 13.9.